The maximum atomic E-state index is 12.6. The lowest BCUT2D eigenvalue weighted by molar-refractivity contribution is -0.117. The zero-order valence-electron chi connectivity index (χ0n) is 14.7. The summed E-state index contributed by atoms with van der Waals surface area (Å²) in [5.74, 6) is 0.798. The number of ether oxygens (including phenoxy) is 2. The van der Waals surface area contributed by atoms with Gasteiger partial charge in [-0.1, -0.05) is 0 Å². The summed E-state index contributed by atoms with van der Waals surface area (Å²) < 4.78 is 10.7. The van der Waals surface area contributed by atoms with Crippen molar-refractivity contribution in [2.45, 2.75) is 26.3 Å². The average molecular weight is 372 g/mol. The SMILES string of the molecule is CC(=O)c1cc2c(cc1NC(=O)CN1CCc3sccc3[C@@H]1C)OCO2. The van der Waals surface area contributed by atoms with Gasteiger partial charge in [0.15, 0.2) is 17.3 Å². The molecule has 4 rings (SSSR count). The zero-order chi connectivity index (χ0) is 18.3. The minimum absolute atomic E-state index is 0.123. The fourth-order valence-electron chi connectivity index (χ4n) is 3.49. The Hall–Kier alpha value is -2.38. The standard InChI is InChI=1S/C19H20N2O4S/c1-11-13-4-6-26-18(13)3-5-21(11)9-19(23)20-15-8-17-16(24-10-25-17)7-14(15)12(2)22/h4,6-8,11H,3,5,9-10H2,1-2H3,(H,20,23)/t11-/m0/s1. The maximum absolute atomic E-state index is 12.6. The van der Waals surface area contributed by atoms with E-state index in [1.54, 1.807) is 23.5 Å². The molecule has 7 heteroatoms. The Balaban J connectivity index is 1.50. The third kappa shape index (κ3) is 3.08. The Bertz CT molecular complexity index is 876. The fourth-order valence-corrected chi connectivity index (χ4v) is 4.45. The first kappa shape index (κ1) is 17.1. The highest BCUT2D eigenvalue weighted by atomic mass is 32.1. The molecule has 1 amide bonds. The van der Waals surface area contributed by atoms with Crippen molar-refractivity contribution >= 4 is 28.7 Å². The van der Waals surface area contributed by atoms with Crippen LogP contribution >= 0.6 is 11.3 Å². The number of benzene rings is 1. The van der Waals surface area contributed by atoms with E-state index in [0.717, 1.165) is 13.0 Å². The lowest BCUT2D eigenvalue weighted by Crippen LogP contribution is -2.39. The van der Waals surface area contributed by atoms with Crippen LogP contribution in [0.25, 0.3) is 0 Å². The second-order valence-corrected chi connectivity index (χ2v) is 7.55. The van der Waals surface area contributed by atoms with Gasteiger partial charge in [0.05, 0.1) is 12.2 Å². The molecule has 1 N–H and O–H groups in total. The molecule has 1 aromatic heterocycles. The molecule has 0 aliphatic carbocycles. The van der Waals surface area contributed by atoms with E-state index in [0.29, 0.717) is 22.7 Å². The first-order valence-corrected chi connectivity index (χ1v) is 9.45. The quantitative estimate of drug-likeness (QED) is 0.835. The van der Waals surface area contributed by atoms with Crippen molar-refractivity contribution in [3.8, 4) is 11.5 Å². The molecular formula is C19H20N2O4S. The molecule has 2 aliphatic heterocycles. The van der Waals surface area contributed by atoms with Crippen molar-refractivity contribution in [3.05, 3.63) is 39.6 Å². The van der Waals surface area contributed by atoms with Gasteiger partial charge in [-0.3, -0.25) is 14.5 Å². The molecule has 6 nitrogen and oxygen atoms in total. The van der Waals surface area contributed by atoms with Crippen LogP contribution in [0.1, 0.15) is 40.7 Å². The predicted octanol–water partition coefficient (Wildman–Crippen LogP) is 3.24. The first-order valence-electron chi connectivity index (χ1n) is 8.57. The molecule has 0 saturated heterocycles. The molecule has 0 fully saturated rings. The summed E-state index contributed by atoms with van der Waals surface area (Å²) in [6.45, 7) is 4.85. The lowest BCUT2D eigenvalue weighted by atomic mass is 10.0. The van der Waals surface area contributed by atoms with Crippen molar-refractivity contribution < 1.29 is 19.1 Å². The Labute approximate surface area is 155 Å². The van der Waals surface area contributed by atoms with Gasteiger partial charge in [0, 0.05) is 29.1 Å². The van der Waals surface area contributed by atoms with E-state index >= 15 is 0 Å². The number of hydrogen-bond acceptors (Lipinski definition) is 6. The van der Waals surface area contributed by atoms with E-state index in [-0.39, 0.29) is 31.1 Å². The zero-order valence-corrected chi connectivity index (χ0v) is 15.5. The van der Waals surface area contributed by atoms with Gasteiger partial charge in [-0.05, 0) is 43.3 Å². The molecule has 136 valence electrons. The molecule has 1 atom stereocenters. The van der Waals surface area contributed by atoms with Crippen molar-refractivity contribution in [1.29, 1.82) is 0 Å². The molecule has 0 spiro atoms. The van der Waals surface area contributed by atoms with E-state index in [4.69, 9.17) is 9.47 Å². The summed E-state index contributed by atoms with van der Waals surface area (Å²) in [6.07, 6.45) is 0.966. The van der Waals surface area contributed by atoms with Crippen LogP contribution < -0.4 is 14.8 Å². The number of nitrogens with one attached hydrogen (secondary N) is 1. The smallest absolute Gasteiger partial charge is 0.238 e. The number of carbonyl (C=O) groups is 2. The Morgan fingerprint density at radius 3 is 2.85 bits per heavy atom. The number of rotatable bonds is 4. The number of Topliss-reactive ketones (excluding diaryl/α,β-unsaturated/α-hetero) is 1. The molecule has 2 aliphatic rings. The molecule has 0 bridgehead atoms. The van der Waals surface area contributed by atoms with Gasteiger partial charge in [0.1, 0.15) is 0 Å². The summed E-state index contributed by atoms with van der Waals surface area (Å²) in [7, 11) is 0. The van der Waals surface area contributed by atoms with Crippen LogP contribution in [0.4, 0.5) is 5.69 Å². The maximum Gasteiger partial charge on any atom is 0.238 e. The van der Waals surface area contributed by atoms with E-state index in [2.05, 4.69) is 28.6 Å². The summed E-state index contributed by atoms with van der Waals surface area (Å²) in [4.78, 5) is 28.1. The number of anilines is 1. The molecule has 0 saturated carbocycles. The molecular weight excluding hydrogens is 352 g/mol. The number of carbonyl (C=O) groups excluding carboxylic acids is 2. The molecule has 3 heterocycles. The van der Waals surface area contributed by atoms with Crippen LogP contribution in [0, 0.1) is 0 Å². The first-order chi connectivity index (χ1) is 12.5. The highest BCUT2D eigenvalue weighted by Gasteiger charge is 2.27. The van der Waals surface area contributed by atoms with E-state index < -0.39 is 0 Å². The minimum Gasteiger partial charge on any atom is -0.454 e. The Kier molecular flexibility index (Phi) is 4.42. The molecule has 0 unspecified atom stereocenters. The number of amides is 1. The minimum atomic E-state index is -0.142. The number of ketones is 1. The normalized spacial score (nSPS) is 18.5. The largest absolute Gasteiger partial charge is 0.454 e. The van der Waals surface area contributed by atoms with Gasteiger partial charge in [-0.25, -0.2) is 0 Å². The molecule has 2 aromatic rings. The average Bonchev–Trinajstić information content (AvgIpc) is 3.25. The van der Waals surface area contributed by atoms with Gasteiger partial charge < -0.3 is 14.8 Å². The van der Waals surface area contributed by atoms with Crippen LogP contribution in [-0.2, 0) is 11.2 Å². The summed E-state index contributed by atoms with van der Waals surface area (Å²) in [6, 6.07) is 5.63. The highest BCUT2D eigenvalue weighted by molar-refractivity contribution is 7.10. The van der Waals surface area contributed by atoms with Crippen molar-refractivity contribution in [2.24, 2.45) is 0 Å². The second-order valence-electron chi connectivity index (χ2n) is 6.55. The van der Waals surface area contributed by atoms with Crippen LogP contribution in [0.15, 0.2) is 23.6 Å². The van der Waals surface area contributed by atoms with Gasteiger partial charge in [-0.2, -0.15) is 0 Å². The Morgan fingerprint density at radius 1 is 1.31 bits per heavy atom. The van der Waals surface area contributed by atoms with Gasteiger partial charge in [0.2, 0.25) is 12.7 Å². The monoisotopic (exact) mass is 372 g/mol. The number of hydrogen-bond donors (Lipinski definition) is 1. The topological polar surface area (TPSA) is 67.9 Å². The summed E-state index contributed by atoms with van der Waals surface area (Å²) in [5.41, 5.74) is 2.20. The molecule has 1 aromatic carbocycles. The third-order valence-corrected chi connectivity index (χ3v) is 5.91. The fraction of sp³-hybridized carbons (Fsp3) is 0.368. The van der Waals surface area contributed by atoms with Crippen LogP contribution in [0.5, 0.6) is 11.5 Å². The second kappa shape index (κ2) is 6.74. The van der Waals surface area contributed by atoms with E-state index in [9.17, 15) is 9.59 Å². The van der Waals surface area contributed by atoms with Crippen LogP contribution in [-0.4, -0.2) is 36.5 Å². The summed E-state index contributed by atoms with van der Waals surface area (Å²) >= 11 is 1.78. The third-order valence-electron chi connectivity index (χ3n) is 4.92. The van der Waals surface area contributed by atoms with E-state index in [1.165, 1.54) is 17.4 Å². The lowest BCUT2D eigenvalue weighted by Gasteiger charge is -2.33. The Morgan fingerprint density at radius 2 is 2.08 bits per heavy atom. The van der Waals surface area contributed by atoms with Crippen LogP contribution in [0.2, 0.25) is 0 Å². The molecule has 0 radical (unpaired) electrons. The van der Waals surface area contributed by atoms with Crippen LogP contribution in [0.3, 0.4) is 0 Å². The number of thiophene rings is 1. The van der Waals surface area contributed by atoms with Crippen molar-refractivity contribution in [3.63, 3.8) is 0 Å². The predicted molar refractivity (Wildman–Crippen MR) is 99.2 cm³/mol. The van der Waals surface area contributed by atoms with Gasteiger partial charge in [0.25, 0.3) is 0 Å². The van der Waals surface area contributed by atoms with Gasteiger partial charge >= 0.3 is 0 Å². The van der Waals surface area contributed by atoms with E-state index in [1.807, 2.05) is 0 Å². The van der Waals surface area contributed by atoms with Crippen molar-refractivity contribution in [2.75, 3.05) is 25.2 Å². The number of nitrogens with zero attached hydrogens (tertiary/aromatic N) is 1. The molecule has 26 heavy (non-hydrogen) atoms. The summed E-state index contributed by atoms with van der Waals surface area (Å²) in [5, 5.41) is 4.98. The highest BCUT2D eigenvalue weighted by Crippen LogP contribution is 2.37. The van der Waals surface area contributed by atoms with Crippen molar-refractivity contribution in [1.82, 2.24) is 4.90 Å². The number of fused-ring (bicyclic) bond motifs is 2. The van der Waals surface area contributed by atoms with Gasteiger partial charge in [-0.15, -0.1) is 11.3 Å².